The van der Waals surface area contributed by atoms with Crippen LogP contribution in [-0.2, 0) is 14.2 Å². The maximum Gasteiger partial charge on any atom is 0.169 e. The molecule has 328 valence electrons. The largest absolute Gasteiger partial charge is 0.381 e. The highest BCUT2D eigenvalue weighted by Crippen LogP contribution is 2.40. The highest BCUT2D eigenvalue weighted by atomic mass is 16.8. The third-order valence-corrected chi connectivity index (χ3v) is 11.5. The smallest absolute Gasteiger partial charge is 0.169 e. The van der Waals surface area contributed by atoms with Gasteiger partial charge in [0.15, 0.2) is 5.79 Å². The summed E-state index contributed by atoms with van der Waals surface area (Å²) in [4.78, 5) is 2.29. The van der Waals surface area contributed by atoms with Crippen molar-refractivity contribution in [1.29, 1.82) is 0 Å². The molecular formula is C52H97NO3. The van der Waals surface area contributed by atoms with Crippen LogP contribution in [0.2, 0.25) is 0 Å². The van der Waals surface area contributed by atoms with Crippen molar-refractivity contribution >= 4 is 0 Å². The average molecular weight is 784 g/mol. The summed E-state index contributed by atoms with van der Waals surface area (Å²) in [5.74, 6) is -0.410. The lowest BCUT2D eigenvalue weighted by Gasteiger charge is -2.29. The number of unbranched alkanes of at least 4 members (excludes halogenated alkanes) is 22. The quantitative estimate of drug-likeness (QED) is 0.0456. The van der Waals surface area contributed by atoms with Crippen LogP contribution in [0.3, 0.4) is 0 Å². The predicted octanol–water partition coefficient (Wildman–Crippen LogP) is 16.2. The van der Waals surface area contributed by atoms with Gasteiger partial charge >= 0.3 is 0 Å². The molecule has 2 unspecified atom stereocenters. The third-order valence-electron chi connectivity index (χ3n) is 11.5. The van der Waals surface area contributed by atoms with Gasteiger partial charge in [0, 0.05) is 32.6 Å². The van der Waals surface area contributed by atoms with Crippen molar-refractivity contribution in [2.75, 3.05) is 33.9 Å². The summed E-state index contributed by atoms with van der Waals surface area (Å²) >= 11 is 0. The van der Waals surface area contributed by atoms with Gasteiger partial charge in [-0.2, -0.15) is 0 Å². The zero-order chi connectivity index (χ0) is 40.5. The summed E-state index contributed by atoms with van der Waals surface area (Å²) in [5.41, 5.74) is 0. The molecule has 0 aromatic carbocycles. The van der Waals surface area contributed by atoms with Gasteiger partial charge in [0.2, 0.25) is 0 Å². The molecule has 0 spiro atoms. The first kappa shape index (κ1) is 52.8. The fourth-order valence-electron chi connectivity index (χ4n) is 7.84. The van der Waals surface area contributed by atoms with Crippen LogP contribution < -0.4 is 0 Å². The van der Waals surface area contributed by atoms with Crippen LogP contribution >= 0.6 is 0 Å². The van der Waals surface area contributed by atoms with Crippen LogP contribution in [0, 0.1) is 0 Å². The van der Waals surface area contributed by atoms with E-state index in [0.29, 0.717) is 0 Å². The Hall–Kier alpha value is -1.20. The van der Waals surface area contributed by atoms with E-state index in [1.807, 2.05) is 0 Å². The van der Waals surface area contributed by atoms with E-state index in [1.54, 1.807) is 0 Å². The molecule has 1 aliphatic heterocycles. The molecule has 1 rings (SSSR count). The van der Waals surface area contributed by atoms with Gasteiger partial charge in [-0.3, -0.25) is 0 Å². The number of hydrogen-bond donors (Lipinski definition) is 0. The van der Waals surface area contributed by atoms with Crippen molar-refractivity contribution in [3.8, 4) is 0 Å². The van der Waals surface area contributed by atoms with E-state index in [0.717, 1.165) is 58.3 Å². The second-order valence-corrected chi connectivity index (χ2v) is 17.3. The molecule has 0 amide bonds. The Labute approximate surface area is 351 Å². The maximum absolute atomic E-state index is 7.06. The first-order valence-electron chi connectivity index (χ1n) is 24.7. The molecule has 1 saturated heterocycles. The summed E-state index contributed by atoms with van der Waals surface area (Å²) < 4.78 is 20.3. The lowest BCUT2D eigenvalue weighted by molar-refractivity contribution is -0.188. The lowest BCUT2D eigenvalue weighted by Crippen LogP contribution is -2.31. The SMILES string of the molecule is CCCCCC=CCC=CCCCCCCCCC1(CCCCCCCCC=CCC=CCCCCC)OC(CCOCCCCCCC)C(CCN(C)C)O1. The summed E-state index contributed by atoms with van der Waals surface area (Å²) in [5, 5.41) is 0. The van der Waals surface area contributed by atoms with Crippen molar-refractivity contribution < 1.29 is 14.2 Å². The van der Waals surface area contributed by atoms with E-state index < -0.39 is 5.79 Å². The van der Waals surface area contributed by atoms with E-state index >= 15 is 0 Å². The van der Waals surface area contributed by atoms with Crippen molar-refractivity contribution in [2.45, 2.75) is 251 Å². The van der Waals surface area contributed by atoms with E-state index in [1.165, 1.54) is 173 Å². The minimum absolute atomic E-state index is 0.143. The highest BCUT2D eigenvalue weighted by molar-refractivity contribution is 4.94. The Balaban J connectivity index is 2.51. The first-order valence-corrected chi connectivity index (χ1v) is 24.7. The molecule has 4 heteroatoms. The van der Waals surface area contributed by atoms with Gasteiger partial charge in [-0.15, -0.1) is 0 Å². The molecule has 1 fully saturated rings. The fraction of sp³-hybridized carbons (Fsp3) is 0.846. The van der Waals surface area contributed by atoms with Crippen molar-refractivity contribution in [3.63, 3.8) is 0 Å². The Kier molecular flexibility index (Phi) is 38.3. The molecular weight excluding hydrogens is 687 g/mol. The Bertz CT molecular complexity index is 875. The molecule has 0 N–H and O–H groups in total. The molecule has 56 heavy (non-hydrogen) atoms. The van der Waals surface area contributed by atoms with E-state index in [-0.39, 0.29) is 12.2 Å². The fourth-order valence-corrected chi connectivity index (χ4v) is 7.84. The summed E-state index contributed by atoms with van der Waals surface area (Å²) in [6.45, 7) is 9.52. The van der Waals surface area contributed by atoms with Crippen LogP contribution in [0.25, 0.3) is 0 Å². The Morgan fingerprint density at radius 2 is 0.804 bits per heavy atom. The monoisotopic (exact) mass is 784 g/mol. The van der Waals surface area contributed by atoms with Gasteiger partial charge < -0.3 is 19.1 Å². The summed E-state index contributed by atoms with van der Waals surface area (Å²) in [6, 6.07) is 0. The molecule has 0 aromatic rings. The van der Waals surface area contributed by atoms with Gasteiger partial charge in [-0.1, -0.05) is 172 Å². The van der Waals surface area contributed by atoms with Crippen molar-refractivity contribution in [2.24, 2.45) is 0 Å². The first-order chi connectivity index (χ1) is 27.6. The second kappa shape index (κ2) is 40.6. The van der Waals surface area contributed by atoms with Gasteiger partial charge in [-0.25, -0.2) is 0 Å². The second-order valence-electron chi connectivity index (χ2n) is 17.3. The van der Waals surface area contributed by atoms with Crippen molar-refractivity contribution in [3.05, 3.63) is 48.6 Å². The normalized spacial score (nSPS) is 19.1. The number of allylic oxidation sites excluding steroid dienone is 8. The lowest BCUT2D eigenvalue weighted by atomic mass is 9.98. The maximum atomic E-state index is 7.06. The summed E-state index contributed by atoms with van der Waals surface area (Å²) in [6.07, 6.45) is 60.4. The summed E-state index contributed by atoms with van der Waals surface area (Å²) in [7, 11) is 4.35. The molecule has 1 heterocycles. The molecule has 0 radical (unpaired) electrons. The van der Waals surface area contributed by atoms with E-state index in [9.17, 15) is 0 Å². The topological polar surface area (TPSA) is 30.9 Å². The number of hydrogen-bond acceptors (Lipinski definition) is 4. The molecule has 0 aromatic heterocycles. The molecule has 0 bridgehead atoms. The Morgan fingerprint density at radius 1 is 0.429 bits per heavy atom. The van der Waals surface area contributed by atoms with Crippen LogP contribution in [0.4, 0.5) is 0 Å². The average Bonchev–Trinajstić information content (AvgIpc) is 3.54. The van der Waals surface area contributed by atoms with Crippen LogP contribution in [0.15, 0.2) is 48.6 Å². The standard InChI is InChI=1S/C52H97NO3/c1-6-9-12-15-17-19-21-23-25-27-29-31-33-35-37-40-45-52(46-41-38-36-34-32-30-28-26-24-22-20-18-16-13-10-7-2)55-50(43-47-53(4)5)51(56-52)44-49-54-48-42-39-14-11-8-3/h17-20,23-26,50-51H,6-16,21-22,27-49H2,1-5H3. The number of ether oxygens (including phenoxy) is 3. The van der Waals surface area contributed by atoms with E-state index in [2.05, 4.69) is 88.4 Å². The predicted molar refractivity (Wildman–Crippen MR) is 248 cm³/mol. The van der Waals surface area contributed by atoms with E-state index in [4.69, 9.17) is 14.2 Å². The minimum atomic E-state index is -0.410. The minimum Gasteiger partial charge on any atom is -0.381 e. The zero-order valence-electron chi connectivity index (χ0n) is 38.4. The van der Waals surface area contributed by atoms with Gasteiger partial charge in [0.1, 0.15) is 0 Å². The number of rotatable bonds is 42. The molecule has 4 nitrogen and oxygen atoms in total. The molecule has 0 aliphatic carbocycles. The van der Waals surface area contributed by atoms with Crippen LogP contribution in [0.5, 0.6) is 0 Å². The van der Waals surface area contributed by atoms with Gasteiger partial charge in [-0.05, 0) is 110 Å². The van der Waals surface area contributed by atoms with Crippen LogP contribution in [0.1, 0.15) is 233 Å². The molecule has 2 atom stereocenters. The van der Waals surface area contributed by atoms with Gasteiger partial charge in [0.05, 0.1) is 12.2 Å². The Morgan fingerprint density at radius 3 is 1.27 bits per heavy atom. The number of nitrogens with zero attached hydrogens (tertiary/aromatic N) is 1. The van der Waals surface area contributed by atoms with Crippen LogP contribution in [-0.4, -0.2) is 56.7 Å². The highest BCUT2D eigenvalue weighted by Gasteiger charge is 2.46. The zero-order valence-corrected chi connectivity index (χ0v) is 38.4. The molecule has 1 aliphatic rings. The molecule has 0 saturated carbocycles. The third kappa shape index (κ3) is 32.7. The van der Waals surface area contributed by atoms with Crippen molar-refractivity contribution in [1.82, 2.24) is 4.90 Å². The van der Waals surface area contributed by atoms with Gasteiger partial charge in [0.25, 0.3) is 0 Å².